The fourth-order valence-corrected chi connectivity index (χ4v) is 5.74. The van der Waals surface area contributed by atoms with Crippen LogP contribution in [0, 0.1) is 5.82 Å². The molecule has 160 valence electrons. The highest BCUT2D eigenvalue weighted by Gasteiger charge is 2.25. The molecule has 0 aliphatic heterocycles. The summed E-state index contributed by atoms with van der Waals surface area (Å²) in [5.41, 5.74) is 1.27. The summed E-state index contributed by atoms with van der Waals surface area (Å²) in [6, 6.07) is 8.43. The largest absolute Gasteiger partial charge is 0.348 e. The molecule has 2 aromatic carbocycles. The number of nitrogens with one attached hydrogen (secondary N) is 2. The van der Waals surface area contributed by atoms with Gasteiger partial charge in [0, 0.05) is 24.9 Å². The number of hydrogen-bond acceptors (Lipinski definition) is 5. The minimum absolute atomic E-state index is 0.0923. The second-order valence-electron chi connectivity index (χ2n) is 7.04. The molecule has 0 atom stereocenters. The first-order chi connectivity index (χ1) is 14.1. The molecule has 0 radical (unpaired) electrons. The number of aromatic amines is 1. The zero-order valence-corrected chi connectivity index (χ0v) is 18.1. The van der Waals surface area contributed by atoms with Crippen LogP contribution in [0.2, 0.25) is 0 Å². The molecule has 0 saturated heterocycles. The lowest BCUT2D eigenvalue weighted by atomic mass is 10.0. The van der Waals surface area contributed by atoms with E-state index in [1.54, 1.807) is 6.20 Å². The Morgan fingerprint density at radius 3 is 2.30 bits per heavy atom. The van der Waals surface area contributed by atoms with Crippen molar-refractivity contribution in [1.29, 1.82) is 0 Å². The minimum atomic E-state index is -4.01. The summed E-state index contributed by atoms with van der Waals surface area (Å²) in [4.78, 5) is 6.39. The van der Waals surface area contributed by atoms with Gasteiger partial charge in [-0.2, -0.15) is 0 Å². The quantitative estimate of drug-likeness (QED) is 0.512. The lowest BCUT2D eigenvalue weighted by molar-refractivity contribution is 0.578. The number of rotatable bonds is 8. The van der Waals surface area contributed by atoms with E-state index in [1.165, 1.54) is 18.5 Å². The van der Waals surface area contributed by atoms with Crippen molar-refractivity contribution < 1.29 is 21.2 Å². The Hall–Kier alpha value is -2.56. The van der Waals surface area contributed by atoms with Crippen molar-refractivity contribution in [3.05, 3.63) is 72.1 Å². The van der Waals surface area contributed by atoms with Crippen LogP contribution in [0.3, 0.4) is 0 Å². The van der Waals surface area contributed by atoms with Gasteiger partial charge in [0.15, 0.2) is 0 Å². The first-order valence-electron chi connectivity index (χ1n) is 9.23. The van der Waals surface area contributed by atoms with Gasteiger partial charge in [-0.05, 0) is 47.9 Å². The van der Waals surface area contributed by atoms with Crippen molar-refractivity contribution in [3.8, 4) is 0 Å². The number of benzene rings is 2. The third-order valence-corrected chi connectivity index (χ3v) is 7.86. The van der Waals surface area contributed by atoms with Gasteiger partial charge in [-0.3, -0.25) is 0 Å². The number of nitrogens with zero attached hydrogens (tertiary/aromatic N) is 1. The third kappa shape index (κ3) is 4.77. The number of imidazole rings is 1. The molecule has 1 heterocycles. The molecular formula is C20H22FN3O4S2. The van der Waals surface area contributed by atoms with E-state index in [2.05, 4.69) is 14.7 Å². The Bertz CT molecular complexity index is 1220. The maximum atomic E-state index is 13.2. The van der Waals surface area contributed by atoms with Gasteiger partial charge in [-0.25, -0.2) is 30.9 Å². The molecular weight excluding hydrogens is 429 g/mol. The maximum absolute atomic E-state index is 13.2. The number of H-pyrrole nitrogens is 1. The Balaban J connectivity index is 1.97. The molecule has 0 unspecified atom stereocenters. The van der Waals surface area contributed by atoms with Crippen LogP contribution >= 0.6 is 0 Å². The molecule has 3 aromatic rings. The zero-order valence-electron chi connectivity index (χ0n) is 16.5. The SMILES string of the molecule is CC(C)c1ccc(S(=O)(=O)c2ccc(F)cc2)cc1S(=O)(=O)NCCc1cnc[nH]1. The van der Waals surface area contributed by atoms with Gasteiger partial charge in [-0.1, -0.05) is 19.9 Å². The lowest BCUT2D eigenvalue weighted by Gasteiger charge is -2.16. The fourth-order valence-electron chi connectivity index (χ4n) is 2.96. The van der Waals surface area contributed by atoms with Gasteiger partial charge >= 0.3 is 0 Å². The highest BCUT2D eigenvalue weighted by atomic mass is 32.2. The Morgan fingerprint density at radius 2 is 1.70 bits per heavy atom. The first-order valence-corrected chi connectivity index (χ1v) is 12.2. The molecule has 0 bridgehead atoms. The summed E-state index contributed by atoms with van der Waals surface area (Å²) in [5.74, 6) is -0.708. The first kappa shape index (κ1) is 22.1. The minimum Gasteiger partial charge on any atom is -0.348 e. The van der Waals surface area contributed by atoms with Crippen LogP contribution in [0.25, 0.3) is 0 Å². The van der Waals surface area contributed by atoms with E-state index in [9.17, 15) is 21.2 Å². The molecule has 0 saturated carbocycles. The summed E-state index contributed by atoms with van der Waals surface area (Å²) >= 11 is 0. The summed E-state index contributed by atoms with van der Waals surface area (Å²) < 4.78 is 67.5. The van der Waals surface area contributed by atoms with E-state index < -0.39 is 25.7 Å². The number of halogens is 1. The molecule has 0 aliphatic carbocycles. The average molecular weight is 452 g/mol. The molecule has 1 aromatic heterocycles. The second kappa shape index (κ2) is 8.66. The molecule has 0 aliphatic rings. The summed E-state index contributed by atoms with van der Waals surface area (Å²) in [5, 5.41) is 0. The van der Waals surface area contributed by atoms with Crippen molar-refractivity contribution in [2.24, 2.45) is 0 Å². The summed E-state index contributed by atoms with van der Waals surface area (Å²) in [6.07, 6.45) is 3.51. The van der Waals surface area contributed by atoms with Crippen LogP contribution < -0.4 is 4.72 Å². The molecule has 30 heavy (non-hydrogen) atoms. The highest BCUT2D eigenvalue weighted by molar-refractivity contribution is 7.91. The summed E-state index contributed by atoms with van der Waals surface area (Å²) in [7, 11) is -7.98. The van der Waals surface area contributed by atoms with E-state index in [0.29, 0.717) is 12.0 Å². The molecule has 0 spiro atoms. The van der Waals surface area contributed by atoms with Gasteiger partial charge < -0.3 is 4.98 Å². The number of hydrogen-bond donors (Lipinski definition) is 2. The Labute approximate surface area is 175 Å². The van der Waals surface area contributed by atoms with Crippen molar-refractivity contribution in [1.82, 2.24) is 14.7 Å². The normalized spacial score (nSPS) is 12.4. The summed E-state index contributed by atoms with van der Waals surface area (Å²) in [6.45, 7) is 3.77. The van der Waals surface area contributed by atoms with Crippen LogP contribution in [0.15, 0.2) is 69.7 Å². The molecule has 0 fully saturated rings. The van der Waals surface area contributed by atoms with Gasteiger partial charge in [0.05, 0.1) is 21.0 Å². The van der Waals surface area contributed by atoms with Crippen molar-refractivity contribution in [2.45, 2.75) is 40.9 Å². The lowest BCUT2D eigenvalue weighted by Crippen LogP contribution is -2.27. The predicted octanol–water partition coefficient (Wildman–Crippen LogP) is 3.03. The van der Waals surface area contributed by atoms with Crippen LogP contribution in [0.4, 0.5) is 4.39 Å². The molecule has 3 rings (SSSR count). The maximum Gasteiger partial charge on any atom is 0.240 e. The average Bonchev–Trinajstić information content (AvgIpc) is 3.21. The van der Waals surface area contributed by atoms with E-state index in [4.69, 9.17) is 0 Å². The third-order valence-electron chi connectivity index (χ3n) is 4.57. The van der Waals surface area contributed by atoms with E-state index in [1.807, 2.05) is 13.8 Å². The molecule has 10 heteroatoms. The predicted molar refractivity (Wildman–Crippen MR) is 110 cm³/mol. The topological polar surface area (TPSA) is 109 Å². The number of sulfonamides is 1. The molecule has 0 amide bonds. The number of sulfone groups is 1. The van der Waals surface area contributed by atoms with E-state index in [-0.39, 0.29) is 27.1 Å². The van der Waals surface area contributed by atoms with Gasteiger partial charge in [0.25, 0.3) is 0 Å². The fraction of sp³-hybridized carbons (Fsp3) is 0.250. The van der Waals surface area contributed by atoms with Crippen molar-refractivity contribution in [3.63, 3.8) is 0 Å². The van der Waals surface area contributed by atoms with Gasteiger partial charge in [-0.15, -0.1) is 0 Å². The monoisotopic (exact) mass is 451 g/mol. The smallest absolute Gasteiger partial charge is 0.240 e. The van der Waals surface area contributed by atoms with Crippen molar-refractivity contribution >= 4 is 19.9 Å². The van der Waals surface area contributed by atoms with E-state index in [0.717, 1.165) is 36.0 Å². The Kier molecular flexibility index (Phi) is 6.39. The molecule has 2 N–H and O–H groups in total. The second-order valence-corrected chi connectivity index (χ2v) is 10.7. The number of aromatic nitrogens is 2. The van der Waals surface area contributed by atoms with Crippen LogP contribution in [0.1, 0.15) is 31.0 Å². The standard InChI is InChI=1S/C20H22FN3O4S2/c1-14(2)19-8-7-18(29(25,26)17-5-3-15(21)4-6-17)11-20(19)30(27,28)24-10-9-16-12-22-13-23-16/h3-8,11-14,24H,9-10H2,1-2H3,(H,22,23). The zero-order chi connectivity index (χ0) is 21.9. The Morgan fingerprint density at radius 1 is 1.03 bits per heavy atom. The van der Waals surface area contributed by atoms with Crippen LogP contribution in [-0.4, -0.2) is 33.3 Å². The van der Waals surface area contributed by atoms with Crippen LogP contribution in [-0.2, 0) is 26.3 Å². The highest BCUT2D eigenvalue weighted by Crippen LogP contribution is 2.29. The van der Waals surface area contributed by atoms with Crippen molar-refractivity contribution in [2.75, 3.05) is 6.54 Å². The van der Waals surface area contributed by atoms with Crippen LogP contribution in [0.5, 0.6) is 0 Å². The van der Waals surface area contributed by atoms with Gasteiger partial charge in [0.2, 0.25) is 19.9 Å². The van der Waals surface area contributed by atoms with E-state index >= 15 is 0 Å². The van der Waals surface area contributed by atoms with Gasteiger partial charge in [0.1, 0.15) is 5.82 Å². The molecule has 7 nitrogen and oxygen atoms in total.